The van der Waals surface area contributed by atoms with Gasteiger partial charge in [-0.2, -0.15) is 0 Å². The molecular weight excluding hydrogens is 412 g/mol. The normalized spacial score (nSPS) is 18.5. The highest BCUT2D eigenvalue weighted by molar-refractivity contribution is 7.13. The fourth-order valence-electron chi connectivity index (χ4n) is 3.65. The van der Waals surface area contributed by atoms with E-state index in [0.717, 1.165) is 11.1 Å². The molecule has 2 heterocycles. The molecule has 1 saturated heterocycles. The van der Waals surface area contributed by atoms with Crippen molar-refractivity contribution < 1.29 is 19.1 Å². The van der Waals surface area contributed by atoms with Crippen LogP contribution in [-0.4, -0.2) is 48.6 Å². The number of nitrogens with zero attached hydrogens (tertiary/aromatic N) is 1. The number of carbonyl (C=O) groups is 2. The number of morpholine rings is 1. The van der Waals surface area contributed by atoms with Crippen LogP contribution in [0.5, 0.6) is 5.75 Å². The van der Waals surface area contributed by atoms with Gasteiger partial charge < -0.3 is 20.1 Å². The van der Waals surface area contributed by atoms with Gasteiger partial charge in [0.2, 0.25) is 0 Å². The topological polar surface area (TPSA) is 81.9 Å². The second-order valence-corrected chi connectivity index (χ2v) is 8.42. The lowest BCUT2D eigenvalue weighted by Gasteiger charge is -2.40. The van der Waals surface area contributed by atoms with E-state index in [9.17, 15) is 9.59 Å². The summed E-state index contributed by atoms with van der Waals surface area (Å²) in [5.74, 6) is -0.154. The monoisotopic (exact) mass is 436 g/mol. The Morgan fingerprint density at radius 2 is 1.84 bits per heavy atom. The molecule has 6 nitrogen and oxygen atoms in total. The summed E-state index contributed by atoms with van der Waals surface area (Å²) in [5, 5.41) is 2.04. The fourth-order valence-corrected chi connectivity index (χ4v) is 4.39. The van der Waals surface area contributed by atoms with Crippen molar-refractivity contribution in [2.24, 2.45) is 5.73 Å². The van der Waals surface area contributed by atoms with Crippen molar-refractivity contribution >= 4 is 23.2 Å². The largest absolute Gasteiger partial charge is 0.484 e. The van der Waals surface area contributed by atoms with Crippen LogP contribution in [0, 0.1) is 0 Å². The van der Waals surface area contributed by atoms with Crippen LogP contribution in [0.15, 0.2) is 72.1 Å². The Kier molecular flexibility index (Phi) is 6.34. The maximum atomic E-state index is 12.7. The molecule has 1 unspecified atom stereocenters. The molecular formula is C24H24N2O4S. The number of thiophene rings is 1. The lowest BCUT2D eigenvalue weighted by molar-refractivity contribution is -0.164. The van der Waals surface area contributed by atoms with Crippen LogP contribution in [-0.2, 0) is 20.7 Å². The number of rotatable bonds is 7. The number of hydrogen-bond donors (Lipinski definition) is 1. The maximum absolute atomic E-state index is 12.7. The van der Waals surface area contributed by atoms with E-state index < -0.39 is 11.5 Å². The average molecular weight is 437 g/mol. The highest BCUT2D eigenvalue weighted by Crippen LogP contribution is 2.28. The van der Waals surface area contributed by atoms with Crippen molar-refractivity contribution in [2.45, 2.75) is 12.0 Å². The van der Waals surface area contributed by atoms with Crippen molar-refractivity contribution in [3.8, 4) is 16.2 Å². The predicted molar refractivity (Wildman–Crippen MR) is 120 cm³/mol. The number of carbonyl (C=O) groups excluding carboxylic acids is 2. The lowest BCUT2D eigenvalue weighted by atomic mass is 9.91. The number of benzene rings is 2. The molecule has 1 aliphatic heterocycles. The molecule has 0 aliphatic carbocycles. The van der Waals surface area contributed by atoms with Crippen LogP contribution in [0.2, 0.25) is 0 Å². The Balaban J connectivity index is 1.44. The van der Waals surface area contributed by atoms with Gasteiger partial charge >= 0.3 is 0 Å². The van der Waals surface area contributed by atoms with Crippen LogP contribution in [0.25, 0.3) is 10.4 Å². The van der Waals surface area contributed by atoms with Gasteiger partial charge in [-0.05, 0) is 34.7 Å². The summed E-state index contributed by atoms with van der Waals surface area (Å²) >= 11 is 1.67. The summed E-state index contributed by atoms with van der Waals surface area (Å²) in [4.78, 5) is 27.9. The molecule has 0 spiro atoms. The number of nitrogens with two attached hydrogens (primary N) is 1. The van der Waals surface area contributed by atoms with Crippen molar-refractivity contribution in [1.82, 2.24) is 4.90 Å². The van der Waals surface area contributed by atoms with Crippen molar-refractivity contribution in [1.29, 1.82) is 0 Å². The molecule has 2 amide bonds. The van der Waals surface area contributed by atoms with Crippen molar-refractivity contribution in [3.63, 3.8) is 0 Å². The van der Waals surface area contributed by atoms with E-state index >= 15 is 0 Å². The molecule has 31 heavy (non-hydrogen) atoms. The molecule has 0 bridgehead atoms. The third-order valence-corrected chi connectivity index (χ3v) is 6.26. The summed E-state index contributed by atoms with van der Waals surface area (Å²) < 4.78 is 11.4. The van der Waals surface area contributed by atoms with Crippen LogP contribution < -0.4 is 10.5 Å². The molecule has 2 aromatic carbocycles. The molecule has 1 fully saturated rings. The van der Waals surface area contributed by atoms with Gasteiger partial charge in [0.15, 0.2) is 12.2 Å². The molecule has 2 N–H and O–H groups in total. The third-order valence-electron chi connectivity index (χ3n) is 5.34. The van der Waals surface area contributed by atoms with E-state index in [2.05, 4.69) is 6.07 Å². The molecule has 0 radical (unpaired) electrons. The maximum Gasteiger partial charge on any atom is 0.260 e. The number of para-hydroxylation sites is 1. The van der Waals surface area contributed by atoms with Gasteiger partial charge in [0.05, 0.1) is 13.2 Å². The van der Waals surface area contributed by atoms with Gasteiger partial charge in [0.1, 0.15) is 5.75 Å². The molecule has 1 atom stereocenters. The van der Waals surface area contributed by atoms with E-state index in [1.165, 1.54) is 4.88 Å². The van der Waals surface area contributed by atoms with E-state index in [-0.39, 0.29) is 25.7 Å². The first kappa shape index (κ1) is 21.1. The minimum atomic E-state index is -1.26. The van der Waals surface area contributed by atoms with Crippen LogP contribution in [0.3, 0.4) is 0 Å². The molecule has 3 aromatic rings. The lowest BCUT2D eigenvalue weighted by Crippen LogP contribution is -2.61. The van der Waals surface area contributed by atoms with Crippen LogP contribution in [0.4, 0.5) is 0 Å². The minimum absolute atomic E-state index is 0.103. The Bertz CT molecular complexity index is 1020. The molecule has 4 rings (SSSR count). The summed E-state index contributed by atoms with van der Waals surface area (Å²) in [6.07, 6.45) is 0.302. The second-order valence-electron chi connectivity index (χ2n) is 7.48. The van der Waals surface area contributed by atoms with Gasteiger partial charge in [-0.25, -0.2) is 0 Å². The number of amides is 2. The van der Waals surface area contributed by atoms with E-state index in [1.54, 1.807) is 28.4 Å². The van der Waals surface area contributed by atoms with Crippen LogP contribution in [0.1, 0.15) is 5.56 Å². The van der Waals surface area contributed by atoms with Crippen LogP contribution >= 0.6 is 11.3 Å². The van der Waals surface area contributed by atoms with Crippen molar-refractivity contribution in [2.75, 3.05) is 26.3 Å². The average Bonchev–Trinajstić information content (AvgIpc) is 3.34. The molecule has 1 aliphatic rings. The fraction of sp³-hybridized carbons (Fsp3) is 0.250. The SMILES string of the molecule is NC(=O)C1(Cc2ccc(-c3cccs3)cc2)CN(C(=O)COc2ccccc2)CCO1. The zero-order valence-electron chi connectivity index (χ0n) is 17.0. The number of hydrogen-bond acceptors (Lipinski definition) is 5. The Labute approximate surface area is 185 Å². The van der Waals surface area contributed by atoms with Gasteiger partial charge in [0, 0.05) is 17.8 Å². The Morgan fingerprint density at radius 3 is 2.52 bits per heavy atom. The second kappa shape index (κ2) is 9.32. The Morgan fingerprint density at radius 1 is 1.06 bits per heavy atom. The van der Waals surface area contributed by atoms with Crippen molar-refractivity contribution in [3.05, 3.63) is 77.7 Å². The van der Waals surface area contributed by atoms with Gasteiger partial charge in [-0.1, -0.05) is 48.5 Å². The number of ether oxygens (including phenoxy) is 2. The van der Waals surface area contributed by atoms with Gasteiger partial charge in [-0.15, -0.1) is 11.3 Å². The first-order valence-corrected chi connectivity index (χ1v) is 11.0. The highest BCUT2D eigenvalue weighted by atomic mass is 32.1. The minimum Gasteiger partial charge on any atom is -0.484 e. The first-order chi connectivity index (χ1) is 15.1. The zero-order chi connectivity index (χ0) is 21.7. The summed E-state index contributed by atoms with van der Waals surface area (Å²) in [7, 11) is 0. The zero-order valence-corrected chi connectivity index (χ0v) is 17.8. The number of primary amides is 1. The standard InChI is InChI=1S/C24H24N2O4S/c25-23(28)24(15-18-8-10-19(11-9-18)21-7-4-14-31-21)17-26(12-13-30-24)22(27)16-29-20-5-2-1-3-6-20/h1-11,14H,12-13,15-17H2,(H2,25,28). The predicted octanol–water partition coefficient (Wildman–Crippen LogP) is 3.12. The molecule has 160 valence electrons. The highest BCUT2D eigenvalue weighted by Gasteiger charge is 2.43. The quantitative estimate of drug-likeness (QED) is 0.617. The summed E-state index contributed by atoms with van der Waals surface area (Å²) in [5.41, 5.74) is 6.54. The first-order valence-electron chi connectivity index (χ1n) is 10.1. The molecule has 0 saturated carbocycles. The van der Waals surface area contributed by atoms with E-state index in [1.807, 2.05) is 53.9 Å². The summed E-state index contributed by atoms with van der Waals surface area (Å²) in [6.45, 7) is 0.636. The Hall–Kier alpha value is -3.16. The summed E-state index contributed by atoms with van der Waals surface area (Å²) in [6, 6.07) is 21.2. The van der Waals surface area contributed by atoms with Gasteiger partial charge in [-0.3, -0.25) is 9.59 Å². The van der Waals surface area contributed by atoms with Gasteiger partial charge in [0.25, 0.3) is 11.8 Å². The smallest absolute Gasteiger partial charge is 0.260 e. The van der Waals surface area contributed by atoms with E-state index in [0.29, 0.717) is 18.7 Å². The third kappa shape index (κ3) is 4.95. The molecule has 7 heteroatoms. The molecule has 1 aromatic heterocycles. The van der Waals surface area contributed by atoms with E-state index in [4.69, 9.17) is 15.2 Å².